The number of ether oxygens (including phenoxy) is 1. The maximum atomic E-state index is 11.5. The molecule has 0 amide bonds. The first kappa shape index (κ1) is 12.6. The highest BCUT2D eigenvalue weighted by molar-refractivity contribution is 5.83. The van der Waals surface area contributed by atoms with E-state index in [1.165, 1.54) is 0 Å². The number of carbonyl (C=O) groups excluding carboxylic acids is 1. The third kappa shape index (κ3) is 5.77. The minimum absolute atomic E-state index is 0.0799. The van der Waals surface area contributed by atoms with Gasteiger partial charge in [0.05, 0.1) is 12.8 Å². The van der Waals surface area contributed by atoms with Crippen molar-refractivity contribution in [3.8, 4) is 0 Å². The van der Waals surface area contributed by atoms with Crippen LogP contribution in [0.4, 0.5) is 0 Å². The molecule has 0 radical (unpaired) electrons. The van der Waals surface area contributed by atoms with E-state index in [0.717, 1.165) is 6.42 Å². The molecule has 0 spiro atoms. The van der Waals surface area contributed by atoms with Crippen LogP contribution in [0.15, 0.2) is 0 Å². The van der Waals surface area contributed by atoms with Crippen molar-refractivity contribution in [1.29, 1.82) is 0 Å². The maximum Gasteiger partial charge on any atom is 0.138 e. The highest BCUT2D eigenvalue weighted by atomic mass is 16.5. The first-order valence-electron chi connectivity index (χ1n) is 4.73. The van der Waals surface area contributed by atoms with Crippen LogP contribution in [-0.4, -0.2) is 18.6 Å². The molecule has 0 aromatic carbocycles. The summed E-state index contributed by atoms with van der Waals surface area (Å²) in [5.74, 6) is 0.278. The third-order valence-electron chi connectivity index (χ3n) is 2.00. The molecule has 0 saturated carbocycles. The third-order valence-corrected chi connectivity index (χ3v) is 2.00. The second-order valence-corrected chi connectivity index (χ2v) is 4.36. The predicted molar refractivity (Wildman–Crippen MR) is 53.3 cm³/mol. The van der Waals surface area contributed by atoms with Gasteiger partial charge in [-0.25, -0.2) is 0 Å². The maximum absolute atomic E-state index is 11.5. The Balaban J connectivity index is 3.71. The summed E-state index contributed by atoms with van der Waals surface area (Å²) in [6.07, 6.45) is 1.41. The van der Waals surface area contributed by atoms with Gasteiger partial charge in [0.2, 0.25) is 0 Å². The van der Waals surface area contributed by atoms with Gasteiger partial charge in [-0.05, 0) is 13.3 Å². The predicted octanol–water partition coefficient (Wildman–Crippen LogP) is 1.70. The molecule has 0 aromatic rings. The molecule has 0 rings (SSSR count). The normalized spacial score (nSPS) is 14.2. The van der Waals surface area contributed by atoms with Gasteiger partial charge in [0, 0.05) is 11.8 Å². The minimum atomic E-state index is -0.234. The lowest BCUT2D eigenvalue weighted by Gasteiger charge is -2.18. The molecule has 1 atom stereocenters. The molecule has 2 N–H and O–H groups in total. The zero-order valence-electron chi connectivity index (χ0n) is 9.09. The number of nitrogens with two attached hydrogens (primary N) is 1. The van der Waals surface area contributed by atoms with E-state index in [4.69, 9.17) is 10.5 Å². The molecule has 0 aliphatic heterocycles. The summed E-state index contributed by atoms with van der Waals surface area (Å²) in [6.45, 7) is 7.96. The summed E-state index contributed by atoms with van der Waals surface area (Å²) in [4.78, 5) is 11.5. The second-order valence-electron chi connectivity index (χ2n) is 4.36. The van der Waals surface area contributed by atoms with Crippen molar-refractivity contribution in [2.75, 3.05) is 6.73 Å². The number of hydrogen-bond acceptors (Lipinski definition) is 3. The van der Waals surface area contributed by atoms with Crippen LogP contribution in [0.5, 0.6) is 0 Å². The quantitative estimate of drug-likeness (QED) is 0.666. The van der Waals surface area contributed by atoms with Crippen LogP contribution in [0, 0.1) is 5.41 Å². The molecule has 13 heavy (non-hydrogen) atoms. The van der Waals surface area contributed by atoms with Gasteiger partial charge in [-0.1, -0.05) is 20.8 Å². The van der Waals surface area contributed by atoms with Gasteiger partial charge in [0.25, 0.3) is 0 Å². The lowest BCUT2D eigenvalue weighted by atomic mass is 9.88. The summed E-state index contributed by atoms with van der Waals surface area (Å²) in [6, 6.07) is 0. The number of ketones is 1. The molecule has 0 aliphatic rings. The number of carbonyl (C=O) groups is 1. The van der Waals surface area contributed by atoms with Crippen molar-refractivity contribution in [2.24, 2.45) is 11.1 Å². The molecular formula is C10H21NO2. The molecule has 0 aliphatic carbocycles. The molecule has 3 nitrogen and oxygen atoms in total. The van der Waals surface area contributed by atoms with Gasteiger partial charge >= 0.3 is 0 Å². The molecule has 1 unspecified atom stereocenters. The first-order chi connectivity index (χ1) is 5.88. The summed E-state index contributed by atoms with van der Waals surface area (Å²) < 4.78 is 5.13. The molecule has 0 fully saturated rings. The van der Waals surface area contributed by atoms with E-state index in [0.29, 0.717) is 6.42 Å². The fourth-order valence-electron chi connectivity index (χ4n) is 0.957. The number of Topliss-reactive ketones (excluding diaryl/α,β-unsaturated/α-hetero) is 1. The van der Waals surface area contributed by atoms with E-state index in [1.807, 2.05) is 27.7 Å². The lowest BCUT2D eigenvalue weighted by Crippen LogP contribution is -2.22. The average molecular weight is 187 g/mol. The van der Waals surface area contributed by atoms with Gasteiger partial charge in [0.15, 0.2) is 0 Å². The molecule has 0 saturated heterocycles. The second kappa shape index (κ2) is 5.35. The highest BCUT2D eigenvalue weighted by Gasteiger charge is 2.21. The van der Waals surface area contributed by atoms with Crippen molar-refractivity contribution < 1.29 is 9.53 Å². The largest absolute Gasteiger partial charge is 0.364 e. The average Bonchev–Trinajstić information content (AvgIpc) is 1.99. The van der Waals surface area contributed by atoms with E-state index >= 15 is 0 Å². The first-order valence-corrected chi connectivity index (χ1v) is 4.73. The summed E-state index contributed by atoms with van der Waals surface area (Å²) >= 11 is 0. The summed E-state index contributed by atoms with van der Waals surface area (Å²) in [5, 5.41) is 0. The Morgan fingerprint density at radius 3 is 2.38 bits per heavy atom. The van der Waals surface area contributed by atoms with Gasteiger partial charge in [-0.2, -0.15) is 0 Å². The Morgan fingerprint density at radius 2 is 2.00 bits per heavy atom. The van der Waals surface area contributed by atoms with Crippen molar-refractivity contribution in [3.05, 3.63) is 0 Å². The Morgan fingerprint density at radius 1 is 1.46 bits per heavy atom. The monoisotopic (exact) mass is 187 g/mol. The number of hydrogen-bond donors (Lipinski definition) is 1. The van der Waals surface area contributed by atoms with Crippen LogP contribution in [-0.2, 0) is 9.53 Å². The van der Waals surface area contributed by atoms with Crippen LogP contribution in [0.3, 0.4) is 0 Å². The molecule has 0 aromatic heterocycles. The van der Waals surface area contributed by atoms with Crippen LogP contribution in [0.1, 0.15) is 40.5 Å². The van der Waals surface area contributed by atoms with E-state index in [-0.39, 0.29) is 24.0 Å². The van der Waals surface area contributed by atoms with Crippen molar-refractivity contribution in [1.82, 2.24) is 0 Å². The minimum Gasteiger partial charge on any atom is -0.364 e. The van der Waals surface area contributed by atoms with E-state index in [1.54, 1.807) is 0 Å². The van der Waals surface area contributed by atoms with Gasteiger partial charge < -0.3 is 10.5 Å². The molecular weight excluding hydrogens is 166 g/mol. The van der Waals surface area contributed by atoms with E-state index in [2.05, 4.69) is 0 Å². The zero-order valence-corrected chi connectivity index (χ0v) is 9.09. The fraction of sp³-hybridized carbons (Fsp3) is 0.900. The van der Waals surface area contributed by atoms with Crippen LogP contribution in [0.25, 0.3) is 0 Å². The molecule has 0 heterocycles. The van der Waals surface area contributed by atoms with Crippen LogP contribution < -0.4 is 5.73 Å². The van der Waals surface area contributed by atoms with Crippen molar-refractivity contribution in [2.45, 2.75) is 46.6 Å². The van der Waals surface area contributed by atoms with E-state index in [9.17, 15) is 4.79 Å². The van der Waals surface area contributed by atoms with Crippen LogP contribution >= 0.6 is 0 Å². The molecule has 0 bridgehead atoms. The molecule has 3 heteroatoms. The van der Waals surface area contributed by atoms with E-state index < -0.39 is 0 Å². The highest BCUT2D eigenvalue weighted by Crippen LogP contribution is 2.18. The van der Waals surface area contributed by atoms with Crippen LogP contribution in [0.2, 0.25) is 0 Å². The SMILES string of the molecule is CC(CCC(=O)C(C)(C)C)OCN. The Kier molecular flexibility index (Phi) is 5.18. The van der Waals surface area contributed by atoms with Gasteiger partial charge in [0.1, 0.15) is 5.78 Å². The van der Waals surface area contributed by atoms with Crippen molar-refractivity contribution in [3.63, 3.8) is 0 Å². The fourth-order valence-corrected chi connectivity index (χ4v) is 0.957. The molecule has 78 valence electrons. The topological polar surface area (TPSA) is 52.3 Å². The lowest BCUT2D eigenvalue weighted by molar-refractivity contribution is -0.127. The summed E-state index contributed by atoms with van der Waals surface area (Å²) in [7, 11) is 0. The standard InChI is InChI=1S/C10H21NO2/c1-8(13-7-11)5-6-9(12)10(2,3)4/h8H,5-7,11H2,1-4H3. The Labute approximate surface area is 80.6 Å². The van der Waals surface area contributed by atoms with Gasteiger partial charge in [-0.3, -0.25) is 4.79 Å². The smallest absolute Gasteiger partial charge is 0.138 e. The number of rotatable bonds is 5. The van der Waals surface area contributed by atoms with Gasteiger partial charge in [-0.15, -0.1) is 0 Å². The zero-order chi connectivity index (χ0) is 10.5. The Bertz CT molecular complexity index is 161. The Hall–Kier alpha value is -0.410. The summed E-state index contributed by atoms with van der Waals surface area (Å²) in [5.41, 5.74) is 4.98. The van der Waals surface area contributed by atoms with Crippen molar-refractivity contribution >= 4 is 5.78 Å².